The molecule has 1 rings (SSSR count). The van der Waals surface area contributed by atoms with E-state index in [1.54, 1.807) is 19.1 Å². The molecule has 0 fully saturated rings. The lowest BCUT2D eigenvalue weighted by atomic mass is 10.2. The lowest BCUT2D eigenvalue weighted by molar-refractivity contribution is 0.583. The molecule has 18 heavy (non-hydrogen) atoms. The Morgan fingerprint density at radius 1 is 1.06 bits per heavy atom. The molecule has 5 nitrogen and oxygen atoms in total. The summed E-state index contributed by atoms with van der Waals surface area (Å²) in [6, 6.07) is 6.44. The highest BCUT2D eigenvalue weighted by Crippen LogP contribution is 2.10. The second-order valence-corrected chi connectivity index (χ2v) is 8.08. The van der Waals surface area contributed by atoms with Crippen LogP contribution in [0.4, 0.5) is 0 Å². The van der Waals surface area contributed by atoms with Gasteiger partial charge in [0, 0.05) is 12.8 Å². The van der Waals surface area contributed by atoms with Crippen molar-refractivity contribution in [1.29, 1.82) is 0 Å². The SMILES string of the molecule is CCS(=O)(=O)NCCc1ccc(S(C)(=O)=O)cc1. The van der Waals surface area contributed by atoms with Gasteiger partial charge in [-0.15, -0.1) is 0 Å². The molecule has 7 heteroatoms. The van der Waals surface area contributed by atoms with E-state index in [0.717, 1.165) is 11.8 Å². The van der Waals surface area contributed by atoms with Gasteiger partial charge in [0.1, 0.15) is 0 Å². The van der Waals surface area contributed by atoms with Crippen molar-refractivity contribution in [2.75, 3.05) is 18.6 Å². The highest BCUT2D eigenvalue weighted by atomic mass is 32.2. The molecule has 0 saturated heterocycles. The molecule has 1 aromatic carbocycles. The fraction of sp³-hybridized carbons (Fsp3) is 0.455. The first-order valence-electron chi connectivity index (χ1n) is 5.51. The van der Waals surface area contributed by atoms with Crippen molar-refractivity contribution >= 4 is 19.9 Å². The number of nitrogens with one attached hydrogen (secondary N) is 1. The maximum atomic E-state index is 11.2. The standard InChI is InChI=1S/C11H17NO4S2/c1-3-18(15,16)12-9-8-10-4-6-11(7-5-10)17(2,13)14/h4-7,12H,3,8-9H2,1-2H3. The Hall–Kier alpha value is -0.920. The molecule has 0 heterocycles. The van der Waals surface area contributed by atoms with Gasteiger partial charge in [0.05, 0.1) is 10.6 Å². The third kappa shape index (κ3) is 4.75. The van der Waals surface area contributed by atoms with Gasteiger partial charge in [-0.05, 0) is 31.0 Å². The van der Waals surface area contributed by atoms with Crippen LogP contribution in [0.3, 0.4) is 0 Å². The van der Waals surface area contributed by atoms with E-state index < -0.39 is 19.9 Å². The average Bonchev–Trinajstić information content (AvgIpc) is 2.28. The van der Waals surface area contributed by atoms with Crippen molar-refractivity contribution in [3.63, 3.8) is 0 Å². The van der Waals surface area contributed by atoms with Gasteiger partial charge in [0.25, 0.3) is 0 Å². The summed E-state index contributed by atoms with van der Waals surface area (Å²) in [5.74, 6) is 0.0556. The van der Waals surface area contributed by atoms with Crippen LogP contribution in [0.15, 0.2) is 29.2 Å². The third-order valence-electron chi connectivity index (χ3n) is 2.47. The number of rotatable bonds is 6. The smallest absolute Gasteiger partial charge is 0.211 e. The van der Waals surface area contributed by atoms with Crippen LogP contribution in [0.1, 0.15) is 12.5 Å². The summed E-state index contributed by atoms with van der Waals surface area (Å²) in [7, 11) is -6.35. The Bertz CT molecular complexity index is 588. The van der Waals surface area contributed by atoms with Crippen LogP contribution in [0.25, 0.3) is 0 Å². The summed E-state index contributed by atoms with van der Waals surface area (Å²) < 4.78 is 47.3. The second-order valence-electron chi connectivity index (χ2n) is 3.96. The molecule has 0 saturated carbocycles. The van der Waals surface area contributed by atoms with E-state index in [9.17, 15) is 16.8 Å². The van der Waals surface area contributed by atoms with Crippen LogP contribution in [0.5, 0.6) is 0 Å². The number of hydrogen-bond acceptors (Lipinski definition) is 4. The van der Waals surface area contributed by atoms with E-state index in [2.05, 4.69) is 4.72 Å². The van der Waals surface area contributed by atoms with Gasteiger partial charge in [-0.25, -0.2) is 21.6 Å². The molecule has 0 amide bonds. The Labute approximate surface area is 108 Å². The predicted octanol–water partition coefficient (Wildman–Crippen LogP) is 0.572. The third-order valence-corrected chi connectivity index (χ3v) is 5.00. The van der Waals surface area contributed by atoms with Crippen LogP contribution in [0, 0.1) is 0 Å². The summed E-state index contributed by atoms with van der Waals surface area (Å²) in [5.41, 5.74) is 0.890. The molecular formula is C11H17NO4S2. The molecule has 0 aliphatic heterocycles. The van der Waals surface area contributed by atoms with Crippen LogP contribution in [0.2, 0.25) is 0 Å². The molecule has 0 radical (unpaired) electrons. The Morgan fingerprint density at radius 2 is 1.61 bits per heavy atom. The monoisotopic (exact) mass is 291 g/mol. The maximum absolute atomic E-state index is 11.2. The molecule has 0 unspecified atom stereocenters. The minimum atomic E-state index is -3.18. The summed E-state index contributed by atoms with van der Waals surface area (Å²) in [6.07, 6.45) is 1.68. The minimum Gasteiger partial charge on any atom is -0.224 e. The average molecular weight is 291 g/mol. The number of benzene rings is 1. The van der Waals surface area contributed by atoms with Gasteiger partial charge in [-0.1, -0.05) is 12.1 Å². The van der Waals surface area contributed by atoms with Crippen molar-refractivity contribution in [1.82, 2.24) is 4.72 Å². The van der Waals surface area contributed by atoms with Crippen LogP contribution < -0.4 is 4.72 Å². The van der Waals surface area contributed by atoms with E-state index >= 15 is 0 Å². The Kier molecular flexibility index (Phi) is 4.89. The van der Waals surface area contributed by atoms with Crippen LogP contribution >= 0.6 is 0 Å². The minimum absolute atomic E-state index is 0.0556. The van der Waals surface area contributed by atoms with E-state index in [4.69, 9.17) is 0 Å². The van der Waals surface area contributed by atoms with E-state index in [1.807, 2.05) is 0 Å². The lowest BCUT2D eigenvalue weighted by Gasteiger charge is -2.05. The maximum Gasteiger partial charge on any atom is 0.211 e. The van der Waals surface area contributed by atoms with Gasteiger partial charge >= 0.3 is 0 Å². The Morgan fingerprint density at radius 3 is 2.06 bits per heavy atom. The quantitative estimate of drug-likeness (QED) is 0.831. The Balaban J connectivity index is 2.61. The normalized spacial score (nSPS) is 12.6. The molecule has 0 aromatic heterocycles. The van der Waals surface area contributed by atoms with Crippen molar-refractivity contribution in [3.05, 3.63) is 29.8 Å². The number of hydrogen-bond donors (Lipinski definition) is 1. The summed E-state index contributed by atoms with van der Waals surface area (Å²) in [6.45, 7) is 1.89. The summed E-state index contributed by atoms with van der Waals surface area (Å²) >= 11 is 0. The zero-order valence-electron chi connectivity index (χ0n) is 10.4. The van der Waals surface area contributed by atoms with Crippen molar-refractivity contribution < 1.29 is 16.8 Å². The van der Waals surface area contributed by atoms with E-state index in [1.165, 1.54) is 12.1 Å². The first-order valence-corrected chi connectivity index (χ1v) is 9.05. The largest absolute Gasteiger partial charge is 0.224 e. The molecule has 0 aliphatic rings. The van der Waals surface area contributed by atoms with Crippen molar-refractivity contribution in [2.45, 2.75) is 18.2 Å². The van der Waals surface area contributed by atoms with E-state index in [0.29, 0.717) is 13.0 Å². The summed E-state index contributed by atoms with van der Waals surface area (Å²) in [4.78, 5) is 0.264. The van der Waals surface area contributed by atoms with Gasteiger partial charge in [-0.2, -0.15) is 0 Å². The number of sulfone groups is 1. The fourth-order valence-electron chi connectivity index (χ4n) is 1.36. The van der Waals surface area contributed by atoms with Crippen molar-refractivity contribution in [3.8, 4) is 0 Å². The predicted molar refractivity (Wildman–Crippen MR) is 70.7 cm³/mol. The molecule has 1 N–H and O–H groups in total. The molecule has 0 aliphatic carbocycles. The topological polar surface area (TPSA) is 80.3 Å². The first-order chi connectivity index (χ1) is 8.24. The van der Waals surface area contributed by atoms with Gasteiger partial charge in [-0.3, -0.25) is 0 Å². The zero-order chi connectivity index (χ0) is 13.8. The van der Waals surface area contributed by atoms with Gasteiger partial charge in [0.15, 0.2) is 9.84 Å². The van der Waals surface area contributed by atoms with Crippen molar-refractivity contribution in [2.24, 2.45) is 0 Å². The number of sulfonamides is 1. The molecule has 0 atom stereocenters. The molecular weight excluding hydrogens is 274 g/mol. The first kappa shape index (κ1) is 15.1. The van der Waals surface area contributed by atoms with Gasteiger partial charge in [0.2, 0.25) is 10.0 Å². The summed E-state index contributed by atoms with van der Waals surface area (Å²) in [5, 5.41) is 0. The molecule has 1 aromatic rings. The van der Waals surface area contributed by atoms with Crippen LogP contribution in [-0.2, 0) is 26.3 Å². The highest BCUT2D eigenvalue weighted by Gasteiger charge is 2.07. The molecule has 0 bridgehead atoms. The van der Waals surface area contributed by atoms with Gasteiger partial charge < -0.3 is 0 Å². The molecule has 102 valence electrons. The fourth-order valence-corrected chi connectivity index (χ4v) is 2.60. The molecule has 0 spiro atoms. The lowest BCUT2D eigenvalue weighted by Crippen LogP contribution is -2.27. The highest BCUT2D eigenvalue weighted by molar-refractivity contribution is 7.90. The second kappa shape index (κ2) is 5.81. The van der Waals surface area contributed by atoms with Crippen LogP contribution in [-0.4, -0.2) is 35.4 Å². The zero-order valence-corrected chi connectivity index (χ0v) is 12.0. The van der Waals surface area contributed by atoms with E-state index in [-0.39, 0.29) is 10.6 Å².